The van der Waals surface area contributed by atoms with E-state index in [9.17, 15) is 4.79 Å². The normalized spacial score (nSPS) is 10.1. The molecule has 2 aromatic heterocycles. The van der Waals surface area contributed by atoms with Crippen LogP contribution in [0, 0.1) is 6.92 Å². The van der Waals surface area contributed by atoms with Gasteiger partial charge in [-0.25, -0.2) is 4.79 Å². The van der Waals surface area contributed by atoms with Crippen LogP contribution in [0.25, 0.3) is 0 Å². The standard InChI is InChI=1S/C12H12N4O2/c1-8-3-2-4-9(15-8)7-13-11-10(12(17)18)5-6-14-16-11/h2-6H,7H2,1H3,(H,13,16)(H,17,18). The summed E-state index contributed by atoms with van der Waals surface area (Å²) in [5, 5.41) is 19.3. The van der Waals surface area contributed by atoms with Crippen molar-refractivity contribution < 1.29 is 9.90 Å². The minimum atomic E-state index is -1.04. The van der Waals surface area contributed by atoms with Gasteiger partial charge in [0.25, 0.3) is 0 Å². The molecule has 0 aliphatic carbocycles. The molecule has 0 fully saturated rings. The molecule has 6 heteroatoms. The fraction of sp³-hybridized carbons (Fsp3) is 0.167. The summed E-state index contributed by atoms with van der Waals surface area (Å²) in [5.74, 6) is -0.794. The zero-order valence-corrected chi connectivity index (χ0v) is 9.79. The summed E-state index contributed by atoms with van der Waals surface area (Å²) in [4.78, 5) is 15.3. The maximum Gasteiger partial charge on any atom is 0.339 e. The van der Waals surface area contributed by atoms with E-state index < -0.39 is 5.97 Å². The van der Waals surface area contributed by atoms with E-state index in [2.05, 4.69) is 20.5 Å². The number of aromatic carboxylic acids is 1. The molecule has 6 nitrogen and oxygen atoms in total. The van der Waals surface area contributed by atoms with Gasteiger partial charge in [0.2, 0.25) is 0 Å². The molecule has 0 unspecified atom stereocenters. The van der Waals surface area contributed by atoms with Crippen LogP contribution in [0.3, 0.4) is 0 Å². The quantitative estimate of drug-likeness (QED) is 0.847. The maximum absolute atomic E-state index is 11.0. The minimum absolute atomic E-state index is 0.0950. The van der Waals surface area contributed by atoms with Gasteiger partial charge in [-0.1, -0.05) is 6.07 Å². The molecule has 0 aromatic carbocycles. The molecule has 2 rings (SSSR count). The number of hydrogen-bond donors (Lipinski definition) is 2. The first-order valence-corrected chi connectivity index (χ1v) is 5.38. The Morgan fingerprint density at radius 3 is 2.94 bits per heavy atom. The second-order valence-corrected chi connectivity index (χ2v) is 3.72. The van der Waals surface area contributed by atoms with E-state index in [1.807, 2.05) is 25.1 Å². The number of nitrogens with zero attached hydrogens (tertiary/aromatic N) is 3. The molecule has 0 atom stereocenters. The highest BCUT2D eigenvalue weighted by Crippen LogP contribution is 2.11. The van der Waals surface area contributed by atoms with Gasteiger partial charge in [-0.15, -0.1) is 5.10 Å². The average molecular weight is 244 g/mol. The molecule has 0 radical (unpaired) electrons. The third-order valence-electron chi connectivity index (χ3n) is 2.33. The summed E-state index contributed by atoms with van der Waals surface area (Å²) < 4.78 is 0. The first-order valence-electron chi connectivity index (χ1n) is 5.38. The zero-order valence-electron chi connectivity index (χ0n) is 9.79. The van der Waals surface area contributed by atoms with Crippen molar-refractivity contribution >= 4 is 11.8 Å². The molecule has 0 spiro atoms. The maximum atomic E-state index is 11.0. The van der Waals surface area contributed by atoms with Crippen LogP contribution < -0.4 is 5.32 Å². The Morgan fingerprint density at radius 1 is 1.39 bits per heavy atom. The molecule has 0 saturated heterocycles. The predicted octanol–water partition coefficient (Wildman–Crippen LogP) is 1.49. The van der Waals surface area contributed by atoms with Crippen LogP contribution in [0.4, 0.5) is 5.82 Å². The summed E-state index contributed by atoms with van der Waals surface area (Å²) in [5.41, 5.74) is 1.82. The largest absolute Gasteiger partial charge is 0.478 e. The topological polar surface area (TPSA) is 88.0 Å². The fourth-order valence-corrected chi connectivity index (χ4v) is 1.51. The molecule has 0 saturated carbocycles. The summed E-state index contributed by atoms with van der Waals surface area (Å²) in [7, 11) is 0. The molecule has 2 heterocycles. The first-order chi connectivity index (χ1) is 8.66. The van der Waals surface area contributed by atoms with Crippen molar-refractivity contribution in [2.75, 3.05) is 5.32 Å². The van der Waals surface area contributed by atoms with Gasteiger partial charge >= 0.3 is 5.97 Å². The lowest BCUT2D eigenvalue weighted by atomic mass is 10.2. The van der Waals surface area contributed by atoms with Crippen molar-refractivity contribution in [2.45, 2.75) is 13.5 Å². The lowest BCUT2D eigenvalue weighted by Crippen LogP contribution is -2.10. The third-order valence-corrected chi connectivity index (χ3v) is 2.33. The van der Waals surface area contributed by atoms with Gasteiger partial charge in [0.1, 0.15) is 5.56 Å². The summed E-state index contributed by atoms with van der Waals surface area (Å²) in [6.45, 7) is 2.30. The van der Waals surface area contributed by atoms with Crippen molar-refractivity contribution in [2.24, 2.45) is 0 Å². The van der Waals surface area contributed by atoms with Crippen LogP contribution in [0.1, 0.15) is 21.7 Å². The molecule has 0 aliphatic heterocycles. The highest BCUT2D eigenvalue weighted by atomic mass is 16.4. The van der Waals surface area contributed by atoms with Gasteiger partial charge in [-0.3, -0.25) is 4.98 Å². The smallest absolute Gasteiger partial charge is 0.339 e. The Kier molecular flexibility index (Phi) is 3.47. The van der Waals surface area contributed by atoms with Crippen molar-refractivity contribution in [3.8, 4) is 0 Å². The number of carboxylic acids is 1. The Bertz CT molecular complexity index is 572. The zero-order chi connectivity index (χ0) is 13.0. The molecular weight excluding hydrogens is 232 g/mol. The second kappa shape index (κ2) is 5.22. The van der Waals surface area contributed by atoms with E-state index in [1.165, 1.54) is 12.3 Å². The fourth-order valence-electron chi connectivity index (χ4n) is 1.51. The minimum Gasteiger partial charge on any atom is -0.478 e. The lowest BCUT2D eigenvalue weighted by Gasteiger charge is -2.07. The number of aromatic nitrogens is 3. The van der Waals surface area contributed by atoms with E-state index >= 15 is 0 Å². The van der Waals surface area contributed by atoms with Gasteiger partial charge in [-0.2, -0.15) is 5.10 Å². The summed E-state index contributed by atoms with van der Waals surface area (Å²) in [6.07, 6.45) is 1.35. The van der Waals surface area contributed by atoms with Crippen LogP contribution in [0.2, 0.25) is 0 Å². The Labute approximate surface area is 104 Å². The van der Waals surface area contributed by atoms with Crippen LogP contribution in [-0.4, -0.2) is 26.3 Å². The van der Waals surface area contributed by atoms with Crippen molar-refractivity contribution in [1.29, 1.82) is 0 Å². The van der Waals surface area contributed by atoms with Crippen molar-refractivity contribution in [1.82, 2.24) is 15.2 Å². The monoisotopic (exact) mass is 244 g/mol. The van der Waals surface area contributed by atoms with Crippen LogP contribution in [0.5, 0.6) is 0 Å². The Morgan fingerprint density at radius 2 is 2.22 bits per heavy atom. The number of aryl methyl sites for hydroxylation is 1. The molecular formula is C12H12N4O2. The summed E-state index contributed by atoms with van der Waals surface area (Å²) in [6, 6.07) is 7.06. The van der Waals surface area contributed by atoms with E-state index in [0.717, 1.165) is 11.4 Å². The van der Waals surface area contributed by atoms with E-state index in [1.54, 1.807) is 0 Å². The van der Waals surface area contributed by atoms with Gasteiger partial charge in [0, 0.05) is 5.69 Å². The highest BCUT2D eigenvalue weighted by molar-refractivity contribution is 5.92. The SMILES string of the molecule is Cc1cccc(CNc2nnccc2C(=O)O)n1. The van der Waals surface area contributed by atoms with E-state index in [-0.39, 0.29) is 11.4 Å². The number of nitrogens with one attached hydrogen (secondary N) is 1. The molecule has 0 amide bonds. The molecule has 92 valence electrons. The highest BCUT2D eigenvalue weighted by Gasteiger charge is 2.10. The van der Waals surface area contributed by atoms with E-state index in [0.29, 0.717) is 6.54 Å². The molecule has 0 bridgehead atoms. The van der Waals surface area contributed by atoms with Crippen LogP contribution in [0.15, 0.2) is 30.5 Å². The van der Waals surface area contributed by atoms with Gasteiger partial charge in [0.05, 0.1) is 18.4 Å². The molecule has 2 aromatic rings. The lowest BCUT2D eigenvalue weighted by molar-refractivity contribution is 0.0697. The van der Waals surface area contributed by atoms with Crippen LogP contribution in [-0.2, 0) is 6.54 Å². The second-order valence-electron chi connectivity index (χ2n) is 3.72. The van der Waals surface area contributed by atoms with Gasteiger partial charge in [0.15, 0.2) is 5.82 Å². The average Bonchev–Trinajstić information content (AvgIpc) is 2.37. The number of hydrogen-bond acceptors (Lipinski definition) is 5. The number of carbonyl (C=O) groups is 1. The number of rotatable bonds is 4. The number of pyridine rings is 1. The number of carboxylic acid groups (broad SMARTS) is 1. The van der Waals surface area contributed by atoms with Crippen molar-refractivity contribution in [3.05, 3.63) is 47.4 Å². The predicted molar refractivity (Wildman–Crippen MR) is 65.3 cm³/mol. The molecule has 2 N–H and O–H groups in total. The molecule has 18 heavy (non-hydrogen) atoms. The summed E-state index contributed by atoms with van der Waals surface area (Å²) >= 11 is 0. The van der Waals surface area contributed by atoms with Crippen molar-refractivity contribution in [3.63, 3.8) is 0 Å². The Hall–Kier alpha value is -2.50. The first kappa shape index (κ1) is 12.0. The van der Waals surface area contributed by atoms with Gasteiger partial charge in [-0.05, 0) is 25.1 Å². The molecule has 0 aliphatic rings. The Balaban J connectivity index is 2.13. The van der Waals surface area contributed by atoms with Gasteiger partial charge < -0.3 is 10.4 Å². The number of anilines is 1. The van der Waals surface area contributed by atoms with Crippen LogP contribution >= 0.6 is 0 Å². The third kappa shape index (κ3) is 2.79. The van der Waals surface area contributed by atoms with E-state index in [4.69, 9.17) is 5.11 Å².